The SMILES string of the molecule is O=C(Nc1ccc(Nc2cc(Nc3ccccn3)ncn2)cc1)c1ccc(-c2cccs2)cc1. The summed E-state index contributed by atoms with van der Waals surface area (Å²) >= 11 is 1.67. The van der Waals surface area contributed by atoms with Gasteiger partial charge in [-0.1, -0.05) is 24.3 Å². The maximum absolute atomic E-state index is 12.6. The number of hydrogen-bond donors (Lipinski definition) is 3. The predicted molar refractivity (Wildman–Crippen MR) is 137 cm³/mol. The summed E-state index contributed by atoms with van der Waals surface area (Å²) in [5.41, 5.74) is 3.25. The Kier molecular flexibility index (Phi) is 6.22. The fourth-order valence-electron chi connectivity index (χ4n) is 3.28. The van der Waals surface area contributed by atoms with Gasteiger partial charge in [0.1, 0.15) is 23.8 Å². The highest BCUT2D eigenvalue weighted by Crippen LogP contribution is 2.25. The predicted octanol–water partition coefficient (Wildman–Crippen LogP) is 6.34. The van der Waals surface area contributed by atoms with Gasteiger partial charge in [-0.2, -0.15) is 0 Å². The summed E-state index contributed by atoms with van der Waals surface area (Å²) in [7, 11) is 0. The van der Waals surface area contributed by atoms with Crippen molar-refractivity contribution in [1.29, 1.82) is 0 Å². The van der Waals surface area contributed by atoms with Crippen molar-refractivity contribution in [2.45, 2.75) is 0 Å². The van der Waals surface area contributed by atoms with E-state index >= 15 is 0 Å². The lowest BCUT2D eigenvalue weighted by atomic mass is 10.1. The van der Waals surface area contributed by atoms with Gasteiger partial charge in [0.25, 0.3) is 5.91 Å². The molecule has 0 spiro atoms. The first-order chi connectivity index (χ1) is 16.7. The van der Waals surface area contributed by atoms with Crippen molar-refractivity contribution in [1.82, 2.24) is 15.0 Å². The minimum atomic E-state index is -0.153. The molecule has 3 N–H and O–H groups in total. The van der Waals surface area contributed by atoms with Crippen molar-refractivity contribution in [2.75, 3.05) is 16.0 Å². The molecule has 2 aromatic carbocycles. The summed E-state index contributed by atoms with van der Waals surface area (Å²) in [5.74, 6) is 1.81. The van der Waals surface area contributed by atoms with Gasteiger partial charge in [-0.25, -0.2) is 15.0 Å². The van der Waals surface area contributed by atoms with Crippen LogP contribution in [0.3, 0.4) is 0 Å². The lowest BCUT2D eigenvalue weighted by Gasteiger charge is -2.10. The van der Waals surface area contributed by atoms with Crippen molar-refractivity contribution < 1.29 is 4.79 Å². The van der Waals surface area contributed by atoms with E-state index in [9.17, 15) is 4.79 Å². The van der Waals surface area contributed by atoms with Crippen molar-refractivity contribution >= 4 is 46.1 Å². The number of thiophene rings is 1. The average Bonchev–Trinajstić information content (AvgIpc) is 3.41. The normalized spacial score (nSPS) is 10.5. The summed E-state index contributed by atoms with van der Waals surface area (Å²) in [6.45, 7) is 0. The van der Waals surface area contributed by atoms with Crippen LogP contribution in [0.5, 0.6) is 0 Å². The Balaban J connectivity index is 1.20. The molecule has 3 aromatic heterocycles. The van der Waals surface area contributed by atoms with E-state index in [0.717, 1.165) is 11.3 Å². The van der Waals surface area contributed by atoms with Crippen LogP contribution in [0.15, 0.2) is 103 Å². The minimum absolute atomic E-state index is 0.153. The summed E-state index contributed by atoms with van der Waals surface area (Å²) in [6.07, 6.45) is 3.19. The van der Waals surface area contributed by atoms with E-state index in [2.05, 4.69) is 37.0 Å². The van der Waals surface area contributed by atoms with Crippen LogP contribution in [-0.2, 0) is 0 Å². The zero-order chi connectivity index (χ0) is 23.2. The highest BCUT2D eigenvalue weighted by Gasteiger charge is 2.08. The van der Waals surface area contributed by atoms with E-state index < -0.39 is 0 Å². The van der Waals surface area contributed by atoms with Gasteiger partial charge in [0.05, 0.1) is 0 Å². The molecule has 0 radical (unpaired) electrons. The van der Waals surface area contributed by atoms with Gasteiger partial charge >= 0.3 is 0 Å². The third kappa shape index (κ3) is 5.25. The van der Waals surface area contributed by atoms with Crippen LogP contribution < -0.4 is 16.0 Å². The number of aromatic nitrogens is 3. The maximum atomic E-state index is 12.6. The van der Waals surface area contributed by atoms with Crippen LogP contribution >= 0.6 is 11.3 Å². The molecule has 0 aliphatic rings. The Morgan fingerprint density at radius 2 is 1.47 bits per heavy atom. The highest BCUT2D eigenvalue weighted by atomic mass is 32.1. The van der Waals surface area contributed by atoms with Crippen molar-refractivity contribution in [3.05, 3.63) is 108 Å². The molecule has 0 aliphatic carbocycles. The third-order valence-electron chi connectivity index (χ3n) is 4.96. The summed E-state index contributed by atoms with van der Waals surface area (Å²) in [5, 5.41) is 11.3. The minimum Gasteiger partial charge on any atom is -0.340 e. The smallest absolute Gasteiger partial charge is 0.255 e. The van der Waals surface area contributed by atoms with E-state index in [1.807, 2.05) is 78.2 Å². The largest absolute Gasteiger partial charge is 0.340 e. The van der Waals surface area contributed by atoms with Crippen molar-refractivity contribution in [3.8, 4) is 10.4 Å². The van der Waals surface area contributed by atoms with E-state index in [1.54, 1.807) is 23.6 Å². The standard InChI is InChI=1S/C26H20N6OS/c33-26(19-8-6-18(7-9-19)22-4-3-15-34-22)31-21-12-10-20(11-13-21)30-24-16-25(29-17-28-24)32-23-5-1-2-14-27-23/h1-17H,(H,31,33)(H2,27,28,29,30,32). The summed E-state index contributed by atoms with van der Waals surface area (Å²) < 4.78 is 0. The zero-order valence-corrected chi connectivity index (χ0v) is 18.8. The Morgan fingerprint density at radius 1 is 0.706 bits per heavy atom. The van der Waals surface area contributed by atoms with Crippen molar-refractivity contribution in [3.63, 3.8) is 0 Å². The van der Waals surface area contributed by atoms with E-state index in [4.69, 9.17) is 0 Å². The molecule has 1 amide bonds. The zero-order valence-electron chi connectivity index (χ0n) is 18.0. The molecule has 34 heavy (non-hydrogen) atoms. The first-order valence-corrected chi connectivity index (χ1v) is 11.4. The molecule has 0 saturated carbocycles. The lowest BCUT2D eigenvalue weighted by Crippen LogP contribution is -2.11. The van der Waals surface area contributed by atoms with Gasteiger partial charge in [-0.3, -0.25) is 4.79 Å². The Hall–Kier alpha value is -4.56. The molecule has 8 heteroatoms. The average molecular weight is 465 g/mol. The lowest BCUT2D eigenvalue weighted by molar-refractivity contribution is 0.102. The Morgan fingerprint density at radius 3 is 2.18 bits per heavy atom. The molecule has 0 atom stereocenters. The fraction of sp³-hybridized carbons (Fsp3) is 0. The Bertz CT molecular complexity index is 1370. The first kappa shape index (κ1) is 21.3. The van der Waals surface area contributed by atoms with Gasteiger partial charge in [0.15, 0.2) is 0 Å². The number of nitrogens with one attached hydrogen (secondary N) is 3. The second-order valence-corrected chi connectivity index (χ2v) is 8.29. The number of hydrogen-bond acceptors (Lipinski definition) is 7. The number of pyridine rings is 1. The number of carbonyl (C=O) groups excluding carboxylic acids is 1. The van der Waals surface area contributed by atoms with Gasteiger partial charge < -0.3 is 16.0 Å². The molecule has 166 valence electrons. The number of carbonyl (C=O) groups is 1. The monoisotopic (exact) mass is 464 g/mol. The van der Waals surface area contributed by atoms with Gasteiger partial charge in [-0.05, 0) is 65.5 Å². The second kappa shape index (κ2) is 9.93. The quantitative estimate of drug-likeness (QED) is 0.260. The second-order valence-electron chi connectivity index (χ2n) is 7.34. The van der Waals surface area contributed by atoms with E-state index in [0.29, 0.717) is 28.7 Å². The molecule has 5 aromatic rings. The first-order valence-electron chi connectivity index (χ1n) is 10.6. The van der Waals surface area contributed by atoms with Crippen LogP contribution in [-0.4, -0.2) is 20.9 Å². The molecule has 3 heterocycles. The number of anilines is 5. The van der Waals surface area contributed by atoms with E-state index in [1.165, 1.54) is 11.2 Å². The summed E-state index contributed by atoms with van der Waals surface area (Å²) in [6, 6.07) is 26.5. The summed E-state index contributed by atoms with van der Waals surface area (Å²) in [4.78, 5) is 26.5. The van der Waals surface area contributed by atoms with Crippen LogP contribution in [0, 0.1) is 0 Å². The van der Waals surface area contributed by atoms with Gasteiger partial charge in [0, 0.05) is 34.1 Å². The fourth-order valence-corrected chi connectivity index (χ4v) is 4.01. The van der Waals surface area contributed by atoms with Gasteiger partial charge in [0.2, 0.25) is 0 Å². The van der Waals surface area contributed by atoms with Crippen LogP contribution in [0.4, 0.5) is 28.8 Å². The molecule has 0 saturated heterocycles. The van der Waals surface area contributed by atoms with Crippen LogP contribution in [0.2, 0.25) is 0 Å². The molecule has 0 aliphatic heterocycles. The molecule has 0 fully saturated rings. The molecule has 5 rings (SSSR count). The Labute approximate surface area is 200 Å². The number of nitrogens with zero attached hydrogens (tertiary/aromatic N) is 3. The molecule has 0 bridgehead atoms. The van der Waals surface area contributed by atoms with Crippen LogP contribution in [0.25, 0.3) is 10.4 Å². The topological polar surface area (TPSA) is 91.8 Å². The molecule has 7 nitrogen and oxygen atoms in total. The van der Waals surface area contributed by atoms with E-state index in [-0.39, 0.29) is 5.91 Å². The molecular weight excluding hydrogens is 444 g/mol. The van der Waals surface area contributed by atoms with Gasteiger partial charge in [-0.15, -0.1) is 11.3 Å². The van der Waals surface area contributed by atoms with Crippen molar-refractivity contribution in [2.24, 2.45) is 0 Å². The molecular formula is C26H20N6OS. The van der Waals surface area contributed by atoms with Crippen LogP contribution in [0.1, 0.15) is 10.4 Å². The third-order valence-corrected chi connectivity index (χ3v) is 5.88. The number of amides is 1. The number of rotatable bonds is 7. The number of benzene rings is 2. The maximum Gasteiger partial charge on any atom is 0.255 e. The molecule has 0 unspecified atom stereocenters. The highest BCUT2D eigenvalue weighted by molar-refractivity contribution is 7.13.